The number of rotatable bonds is 6. The van der Waals surface area contributed by atoms with Crippen molar-refractivity contribution in [2.75, 3.05) is 11.1 Å². The van der Waals surface area contributed by atoms with E-state index >= 15 is 0 Å². The summed E-state index contributed by atoms with van der Waals surface area (Å²) in [5, 5.41) is 5.03. The van der Waals surface area contributed by atoms with Crippen molar-refractivity contribution in [2.45, 2.75) is 5.75 Å². The highest BCUT2D eigenvalue weighted by Gasteiger charge is 2.12. The number of thiazole rings is 1. The second kappa shape index (κ2) is 7.76. The summed E-state index contributed by atoms with van der Waals surface area (Å²) in [5.41, 5.74) is 3.82. The van der Waals surface area contributed by atoms with Crippen molar-refractivity contribution in [3.63, 3.8) is 0 Å². The second-order valence-corrected chi connectivity index (χ2v) is 7.65. The molecule has 0 aliphatic heterocycles. The molecule has 4 rings (SSSR count). The van der Waals surface area contributed by atoms with Gasteiger partial charge >= 0.3 is 0 Å². The molecule has 0 fully saturated rings. The molecule has 6 heteroatoms. The fraction of sp³-hybridized carbons (Fsp3) is 0.100. The van der Waals surface area contributed by atoms with Crippen molar-refractivity contribution >= 4 is 39.7 Å². The summed E-state index contributed by atoms with van der Waals surface area (Å²) in [6.45, 7) is 0. The first-order chi connectivity index (χ1) is 12.8. The van der Waals surface area contributed by atoms with Crippen LogP contribution in [-0.2, 0) is 10.5 Å². The van der Waals surface area contributed by atoms with E-state index in [2.05, 4.69) is 22.4 Å². The van der Waals surface area contributed by atoms with E-state index in [4.69, 9.17) is 0 Å². The lowest BCUT2D eigenvalue weighted by molar-refractivity contribution is -0.113. The van der Waals surface area contributed by atoms with Crippen LogP contribution in [0.2, 0.25) is 0 Å². The van der Waals surface area contributed by atoms with Crippen LogP contribution in [0.15, 0.2) is 72.4 Å². The molecule has 4 nitrogen and oxygen atoms in total. The van der Waals surface area contributed by atoms with E-state index in [1.54, 1.807) is 23.1 Å². The zero-order valence-corrected chi connectivity index (χ0v) is 15.6. The number of hydrogen-bond donors (Lipinski definition) is 1. The fourth-order valence-corrected chi connectivity index (χ4v) is 4.18. The van der Waals surface area contributed by atoms with Gasteiger partial charge in [0.2, 0.25) is 5.91 Å². The van der Waals surface area contributed by atoms with Crippen molar-refractivity contribution < 1.29 is 4.79 Å². The Balaban J connectivity index is 1.43. The largest absolute Gasteiger partial charge is 0.325 e. The number of nitrogens with one attached hydrogen (secondary N) is 1. The molecular formula is C20H17N3OS2. The molecule has 0 aliphatic rings. The third-order valence-corrected chi connectivity index (χ3v) is 5.69. The van der Waals surface area contributed by atoms with Crippen LogP contribution in [-0.4, -0.2) is 21.0 Å². The number of aromatic nitrogens is 2. The first-order valence-corrected chi connectivity index (χ1v) is 10.3. The van der Waals surface area contributed by atoms with Crippen molar-refractivity contribution in [2.24, 2.45) is 0 Å². The number of imidazole rings is 1. The van der Waals surface area contributed by atoms with Gasteiger partial charge in [-0.25, -0.2) is 4.98 Å². The highest BCUT2D eigenvalue weighted by atomic mass is 32.2. The molecule has 130 valence electrons. The van der Waals surface area contributed by atoms with Crippen molar-refractivity contribution in [1.29, 1.82) is 0 Å². The summed E-state index contributed by atoms with van der Waals surface area (Å²) in [6, 6.07) is 18.0. The lowest BCUT2D eigenvalue weighted by Crippen LogP contribution is -2.14. The van der Waals surface area contributed by atoms with E-state index in [0.29, 0.717) is 5.75 Å². The summed E-state index contributed by atoms with van der Waals surface area (Å²) in [6.07, 6.45) is 3.97. The van der Waals surface area contributed by atoms with Crippen LogP contribution >= 0.6 is 23.1 Å². The van der Waals surface area contributed by atoms with E-state index in [0.717, 1.165) is 27.7 Å². The van der Waals surface area contributed by atoms with Crippen LogP contribution in [0.5, 0.6) is 0 Å². The number of amides is 1. The molecule has 2 aromatic heterocycles. The van der Waals surface area contributed by atoms with Crippen LogP contribution in [0.25, 0.3) is 16.2 Å². The minimum Gasteiger partial charge on any atom is -0.325 e. The van der Waals surface area contributed by atoms with Crippen LogP contribution in [0.4, 0.5) is 5.69 Å². The van der Waals surface area contributed by atoms with Gasteiger partial charge < -0.3 is 5.32 Å². The number of benzene rings is 2. The molecule has 0 saturated carbocycles. The number of thioether (sulfide) groups is 1. The summed E-state index contributed by atoms with van der Waals surface area (Å²) < 4.78 is 1.99. The van der Waals surface area contributed by atoms with E-state index in [9.17, 15) is 4.79 Å². The maximum absolute atomic E-state index is 12.4. The highest BCUT2D eigenvalue weighted by molar-refractivity contribution is 7.99. The van der Waals surface area contributed by atoms with Crippen LogP contribution in [0.3, 0.4) is 0 Å². The Morgan fingerprint density at radius 3 is 2.77 bits per heavy atom. The van der Waals surface area contributed by atoms with Crippen molar-refractivity contribution in [3.05, 3.63) is 77.9 Å². The van der Waals surface area contributed by atoms with Gasteiger partial charge in [-0.3, -0.25) is 9.20 Å². The molecule has 2 aromatic carbocycles. The number of anilines is 1. The number of carbonyl (C=O) groups excluding carboxylic acids is 1. The first-order valence-electron chi connectivity index (χ1n) is 8.23. The SMILES string of the molecule is O=C(CSCc1ccccc1)Nc1ccccc1-c1cn2ccsc2n1. The Labute approximate surface area is 159 Å². The number of hydrogen-bond acceptors (Lipinski definition) is 4. The van der Waals surface area contributed by atoms with Gasteiger partial charge in [-0.15, -0.1) is 23.1 Å². The molecule has 0 aliphatic carbocycles. The predicted octanol–water partition coefficient (Wildman–Crippen LogP) is 4.93. The molecule has 2 heterocycles. The highest BCUT2D eigenvalue weighted by Crippen LogP contribution is 2.28. The summed E-state index contributed by atoms with van der Waals surface area (Å²) in [7, 11) is 0. The monoisotopic (exact) mass is 379 g/mol. The van der Waals surface area contributed by atoms with E-state index in [1.807, 2.05) is 64.6 Å². The minimum absolute atomic E-state index is 0.000553. The molecule has 4 aromatic rings. The maximum atomic E-state index is 12.4. The van der Waals surface area contributed by atoms with Gasteiger partial charge in [-0.05, 0) is 11.6 Å². The van der Waals surface area contributed by atoms with E-state index in [-0.39, 0.29) is 5.91 Å². The van der Waals surface area contributed by atoms with Gasteiger partial charge in [0, 0.05) is 29.1 Å². The third-order valence-electron chi connectivity index (χ3n) is 3.92. The van der Waals surface area contributed by atoms with Gasteiger partial charge in [0.05, 0.1) is 17.1 Å². The van der Waals surface area contributed by atoms with Crippen molar-refractivity contribution in [1.82, 2.24) is 9.38 Å². The minimum atomic E-state index is -0.000553. The zero-order chi connectivity index (χ0) is 17.8. The van der Waals surface area contributed by atoms with Gasteiger partial charge in [0.25, 0.3) is 0 Å². The lowest BCUT2D eigenvalue weighted by Gasteiger charge is -2.09. The molecule has 1 amide bonds. The Bertz CT molecular complexity index is 995. The number of para-hydroxylation sites is 1. The van der Waals surface area contributed by atoms with Crippen LogP contribution in [0, 0.1) is 0 Å². The van der Waals surface area contributed by atoms with Crippen LogP contribution in [0.1, 0.15) is 5.56 Å². The maximum Gasteiger partial charge on any atom is 0.234 e. The Morgan fingerprint density at radius 1 is 1.12 bits per heavy atom. The average Bonchev–Trinajstić information content (AvgIpc) is 3.25. The Kier molecular flexibility index (Phi) is 5.04. The predicted molar refractivity (Wildman–Crippen MR) is 110 cm³/mol. The average molecular weight is 380 g/mol. The Hall–Kier alpha value is -2.57. The number of carbonyl (C=O) groups is 1. The molecular weight excluding hydrogens is 362 g/mol. The summed E-state index contributed by atoms with van der Waals surface area (Å²) in [5.74, 6) is 1.24. The van der Waals surface area contributed by atoms with Gasteiger partial charge in [0.15, 0.2) is 4.96 Å². The molecule has 0 radical (unpaired) electrons. The lowest BCUT2D eigenvalue weighted by atomic mass is 10.1. The zero-order valence-electron chi connectivity index (χ0n) is 14.0. The van der Waals surface area contributed by atoms with Crippen LogP contribution < -0.4 is 5.32 Å². The third kappa shape index (κ3) is 3.81. The smallest absolute Gasteiger partial charge is 0.234 e. The second-order valence-electron chi connectivity index (χ2n) is 5.79. The molecule has 0 unspecified atom stereocenters. The molecule has 0 bridgehead atoms. The summed E-state index contributed by atoms with van der Waals surface area (Å²) in [4.78, 5) is 17.9. The molecule has 26 heavy (non-hydrogen) atoms. The van der Waals surface area contributed by atoms with E-state index in [1.165, 1.54) is 5.56 Å². The first kappa shape index (κ1) is 16.9. The van der Waals surface area contributed by atoms with Gasteiger partial charge in [0.1, 0.15) is 0 Å². The van der Waals surface area contributed by atoms with Crippen molar-refractivity contribution in [3.8, 4) is 11.3 Å². The van der Waals surface area contributed by atoms with E-state index < -0.39 is 0 Å². The molecule has 0 spiro atoms. The molecule has 0 saturated heterocycles. The standard InChI is InChI=1S/C20H17N3OS2/c24-19(14-25-13-15-6-2-1-3-7-15)21-17-9-5-4-8-16(17)18-12-23-10-11-26-20(23)22-18/h1-12H,13-14H2,(H,21,24). The number of fused-ring (bicyclic) bond motifs is 1. The fourth-order valence-electron chi connectivity index (χ4n) is 2.69. The molecule has 0 atom stereocenters. The van der Waals surface area contributed by atoms with Gasteiger partial charge in [-0.2, -0.15) is 0 Å². The van der Waals surface area contributed by atoms with Gasteiger partial charge in [-0.1, -0.05) is 48.5 Å². The summed E-state index contributed by atoms with van der Waals surface area (Å²) >= 11 is 3.20. The Morgan fingerprint density at radius 2 is 1.92 bits per heavy atom. The molecule has 1 N–H and O–H groups in total. The normalized spacial score (nSPS) is 10.9. The number of nitrogens with zero attached hydrogens (tertiary/aromatic N) is 2. The topological polar surface area (TPSA) is 46.4 Å². The quantitative estimate of drug-likeness (QED) is 0.516.